The molecule has 1 aromatic carbocycles. The molecule has 0 aliphatic heterocycles. The van der Waals surface area contributed by atoms with Gasteiger partial charge in [-0.05, 0) is 36.8 Å². The lowest BCUT2D eigenvalue weighted by molar-refractivity contribution is 0.619. The number of hydrogen-bond donors (Lipinski definition) is 0. The summed E-state index contributed by atoms with van der Waals surface area (Å²) in [7, 11) is 0. The first-order chi connectivity index (χ1) is 8.50. The van der Waals surface area contributed by atoms with Gasteiger partial charge in [-0.15, -0.1) is 0 Å². The van der Waals surface area contributed by atoms with E-state index >= 15 is 0 Å². The van der Waals surface area contributed by atoms with Crippen molar-refractivity contribution in [3.8, 4) is 0 Å². The van der Waals surface area contributed by atoms with Crippen LogP contribution >= 0.6 is 11.8 Å². The lowest BCUT2D eigenvalue weighted by Crippen LogP contribution is -1.97. The van der Waals surface area contributed by atoms with Crippen molar-refractivity contribution in [1.82, 2.24) is 4.57 Å². The molecule has 0 amide bonds. The Kier molecular flexibility index (Phi) is 4.00. The Morgan fingerprint density at radius 3 is 2.56 bits per heavy atom. The van der Waals surface area contributed by atoms with Crippen molar-refractivity contribution in [3.63, 3.8) is 0 Å². The Bertz CT molecular complexity index is 543. The molecule has 18 heavy (non-hydrogen) atoms. The van der Waals surface area contributed by atoms with Gasteiger partial charge >= 0.3 is 0 Å². The summed E-state index contributed by atoms with van der Waals surface area (Å²) in [5, 5.41) is 1.36. The zero-order valence-electron chi connectivity index (χ0n) is 11.4. The van der Waals surface area contributed by atoms with Crippen LogP contribution in [-0.2, 0) is 5.75 Å². The number of aromatic nitrogens is 1. The molecule has 0 fully saturated rings. The number of fused-ring (bicyclic) bond motifs is 1. The van der Waals surface area contributed by atoms with E-state index in [2.05, 4.69) is 38.5 Å². The molecule has 1 heterocycles. The van der Waals surface area contributed by atoms with Crippen LogP contribution in [0.25, 0.3) is 10.9 Å². The highest BCUT2D eigenvalue weighted by molar-refractivity contribution is 7.99. The average molecular weight is 265 g/mol. The van der Waals surface area contributed by atoms with E-state index in [1.807, 2.05) is 17.8 Å². The van der Waals surface area contributed by atoms with Crippen LogP contribution in [0, 0.1) is 5.82 Å². The molecule has 0 saturated heterocycles. The van der Waals surface area contributed by atoms with E-state index in [-0.39, 0.29) is 5.82 Å². The highest BCUT2D eigenvalue weighted by Gasteiger charge is 2.14. The maximum Gasteiger partial charge on any atom is 0.132 e. The molecule has 0 spiro atoms. The molecular weight excluding hydrogens is 245 g/mol. The molecule has 0 radical (unpaired) electrons. The van der Waals surface area contributed by atoms with E-state index in [9.17, 15) is 4.39 Å². The second-order valence-electron chi connectivity index (χ2n) is 5.15. The molecule has 0 bridgehead atoms. The molecule has 98 valence electrons. The Balaban J connectivity index is 2.52. The van der Waals surface area contributed by atoms with Gasteiger partial charge < -0.3 is 4.57 Å². The topological polar surface area (TPSA) is 4.93 Å². The predicted octanol–water partition coefficient (Wildman–Crippen LogP) is 5.00. The second kappa shape index (κ2) is 5.35. The van der Waals surface area contributed by atoms with Crippen molar-refractivity contribution in [3.05, 3.63) is 35.8 Å². The average Bonchev–Trinajstić information content (AvgIpc) is 2.67. The van der Waals surface area contributed by atoms with Crippen molar-refractivity contribution < 1.29 is 4.39 Å². The number of hydrogen-bond acceptors (Lipinski definition) is 1. The third-order valence-corrected chi connectivity index (χ3v) is 4.16. The molecule has 2 aromatic rings. The summed E-state index contributed by atoms with van der Waals surface area (Å²) < 4.78 is 16.2. The van der Waals surface area contributed by atoms with Crippen molar-refractivity contribution in [1.29, 1.82) is 0 Å². The van der Waals surface area contributed by atoms with Crippen LogP contribution in [0.4, 0.5) is 4.39 Å². The summed E-state index contributed by atoms with van der Waals surface area (Å²) in [6, 6.07) is 5.70. The summed E-state index contributed by atoms with van der Waals surface area (Å²) >= 11 is 1.85. The number of halogens is 1. The molecule has 3 heteroatoms. The molecule has 0 unspecified atom stereocenters. The Morgan fingerprint density at radius 1 is 1.22 bits per heavy atom. The summed E-state index contributed by atoms with van der Waals surface area (Å²) in [4.78, 5) is 0. The molecule has 0 aliphatic rings. The fourth-order valence-electron chi connectivity index (χ4n) is 2.14. The Morgan fingerprint density at radius 2 is 1.94 bits per heavy atom. The Hall–Kier alpha value is -0.960. The van der Waals surface area contributed by atoms with Gasteiger partial charge in [-0.3, -0.25) is 0 Å². The van der Waals surface area contributed by atoms with Crippen LogP contribution < -0.4 is 0 Å². The van der Waals surface area contributed by atoms with Gasteiger partial charge in [-0.2, -0.15) is 11.8 Å². The third-order valence-electron chi connectivity index (χ3n) is 3.01. The number of benzene rings is 1. The maximum atomic E-state index is 14.0. The van der Waals surface area contributed by atoms with Gasteiger partial charge in [0.05, 0.1) is 5.52 Å². The first-order valence-electron chi connectivity index (χ1n) is 6.40. The summed E-state index contributed by atoms with van der Waals surface area (Å²) in [5.41, 5.74) is 2.11. The van der Waals surface area contributed by atoms with Gasteiger partial charge in [0.2, 0.25) is 0 Å². The number of nitrogens with zero attached hydrogens (tertiary/aromatic N) is 1. The molecule has 2 rings (SSSR count). The SMILES string of the molecule is CC(C)SCc1cn(C(C)C)c2cccc(F)c12. The van der Waals surface area contributed by atoms with Gasteiger partial charge in [0.25, 0.3) is 0 Å². The van der Waals surface area contributed by atoms with E-state index in [1.165, 1.54) is 0 Å². The predicted molar refractivity (Wildman–Crippen MR) is 78.7 cm³/mol. The highest BCUT2D eigenvalue weighted by Crippen LogP contribution is 2.30. The lowest BCUT2D eigenvalue weighted by Gasteiger charge is -2.08. The zero-order valence-corrected chi connectivity index (χ0v) is 12.2. The third kappa shape index (κ3) is 2.56. The summed E-state index contributed by atoms with van der Waals surface area (Å²) in [6.45, 7) is 8.60. The van der Waals surface area contributed by atoms with Crippen LogP contribution in [0.5, 0.6) is 0 Å². The Labute approximate surface area is 112 Å². The van der Waals surface area contributed by atoms with Crippen LogP contribution in [0.15, 0.2) is 24.4 Å². The van der Waals surface area contributed by atoms with Crippen LogP contribution in [-0.4, -0.2) is 9.82 Å². The van der Waals surface area contributed by atoms with Crippen molar-refractivity contribution in [2.75, 3.05) is 0 Å². The van der Waals surface area contributed by atoms with Crippen LogP contribution in [0.3, 0.4) is 0 Å². The molecule has 0 N–H and O–H groups in total. The number of thioether (sulfide) groups is 1. The number of rotatable bonds is 4. The molecule has 1 aromatic heterocycles. The molecule has 0 atom stereocenters. The highest BCUT2D eigenvalue weighted by atomic mass is 32.2. The van der Waals surface area contributed by atoms with E-state index < -0.39 is 0 Å². The van der Waals surface area contributed by atoms with E-state index in [1.54, 1.807) is 12.1 Å². The van der Waals surface area contributed by atoms with Gasteiger partial charge in [0.1, 0.15) is 5.82 Å². The second-order valence-corrected chi connectivity index (χ2v) is 6.71. The largest absolute Gasteiger partial charge is 0.345 e. The summed E-state index contributed by atoms with van der Waals surface area (Å²) in [6.07, 6.45) is 2.10. The minimum atomic E-state index is -0.105. The standard InChI is InChI=1S/C15H20FNS/c1-10(2)17-8-12(9-18-11(3)4)15-13(16)6-5-7-14(15)17/h5-8,10-11H,9H2,1-4H3. The quantitative estimate of drug-likeness (QED) is 0.753. The minimum Gasteiger partial charge on any atom is -0.345 e. The van der Waals surface area contributed by atoms with Crippen molar-refractivity contribution in [2.45, 2.75) is 44.7 Å². The fourth-order valence-corrected chi connectivity index (χ4v) is 2.87. The van der Waals surface area contributed by atoms with Gasteiger partial charge in [0.15, 0.2) is 0 Å². The molecular formula is C15H20FNS. The van der Waals surface area contributed by atoms with Gasteiger partial charge in [-0.25, -0.2) is 4.39 Å². The smallest absolute Gasteiger partial charge is 0.132 e. The van der Waals surface area contributed by atoms with E-state index in [0.29, 0.717) is 11.3 Å². The zero-order chi connectivity index (χ0) is 13.3. The first kappa shape index (κ1) is 13.5. The minimum absolute atomic E-state index is 0.105. The molecule has 0 aliphatic carbocycles. The van der Waals surface area contributed by atoms with E-state index in [0.717, 1.165) is 22.2 Å². The van der Waals surface area contributed by atoms with Crippen molar-refractivity contribution in [2.24, 2.45) is 0 Å². The molecule has 0 saturated carbocycles. The van der Waals surface area contributed by atoms with Crippen LogP contribution in [0.2, 0.25) is 0 Å². The summed E-state index contributed by atoms with van der Waals surface area (Å²) in [5.74, 6) is 0.765. The lowest BCUT2D eigenvalue weighted by atomic mass is 10.2. The normalized spacial score (nSPS) is 11.9. The first-order valence-corrected chi connectivity index (χ1v) is 7.45. The van der Waals surface area contributed by atoms with Crippen molar-refractivity contribution >= 4 is 22.7 Å². The van der Waals surface area contributed by atoms with Gasteiger partial charge in [0, 0.05) is 23.4 Å². The fraction of sp³-hybridized carbons (Fsp3) is 0.467. The van der Waals surface area contributed by atoms with Crippen LogP contribution in [0.1, 0.15) is 39.3 Å². The van der Waals surface area contributed by atoms with Gasteiger partial charge in [-0.1, -0.05) is 19.9 Å². The molecule has 1 nitrogen and oxygen atoms in total. The van der Waals surface area contributed by atoms with E-state index in [4.69, 9.17) is 0 Å². The maximum absolute atomic E-state index is 14.0. The monoisotopic (exact) mass is 265 g/mol.